The molecule has 0 heterocycles. The van der Waals surface area contributed by atoms with E-state index in [0.29, 0.717) is 18.3 Å². The average Bonchev–Trinajstić information content (AvgIpc) is 2.33. The first-order valence-corrected chi connectivity index (χ1v) is 6.46. The first kappa shape index (κ1) is 15.8. The minimum atomic E-state index is -4.17. The maximum atomic E-state index is 12.4. The summed E-state index contributed by atoms with van der Waals surface area (Å²) in [6.07, 6.45) is -4.17. The highest BCUT2D eigenvalue weighted by Crippen LogP contribution is 2.22. The number of hydrogen-bond donors (Lipinski definition) is 1. The van der Waals surface area contributed by atoms with Gasteiger partial charge < -0.3 is 10.2 Å². The van der Waals surface area contributed by atoms with Gasteiger partial charge in [0.05, 0.1) is 0 Å². The SMILES string of the molecule is CCN(CC(F)(F)F)c1ccc(CNC(C)C)cc1. The third kappa shape index (κ3) is 5.96. The van der Waals surface area contributed by atoms with Crippen LogP contribution in [0.5, 0.6) is 0 Å². The highest BCUT2D eigenvalue weighted by Gasteiger charge is 2.30. The summed E-state index contributed by atoms with van der Waals surface area (Å²) in [6, 6.07) is 7.60. The Hall–Kier alpha value is -1.23. The van der Waals surface area contributed by atoms with Gasteiger partial charge in [-0.15, -0.1) is 0 Å². The number of alkyl halides is 3. The Morgan fingerprint density at radius 3 is 2.16 bits per heavy atom. The van der Waals surface area contributed by atoms with Crippen LogP contribution in [0, 0.1) is 0 Å². The summed E-state index contributed by atoms with van der Waals surface area (Å²) < 4.78 is 37.2. The van der Waals surface area contributed by atoms with Crippen molar-refractivity contribution >= 4 is 5.69 Å². The maximum Gasteiger partial charge on any atom is 0.405 e. The lowest BCUT2D eigenvalue weighted by molar-refractivity contribution is -0.119. The standard InChI is InChI=1S/C14H21F3N2/c1-4-19(10-14(15,16)17)13-7-5-12(6-8-13)9-18-11(2)3/h5-8,11,18H,4,9-10H2,1-3H3. The van der Waals surface area contributed by atoms with Gasteiger partial charge >= 0.3 is 6.18 Å². The molecule has 0 radical (unpaired) electrons. The van der Waals surface area contributed by atoms with Crippen LogP contribution < -0.4 is 10.2 Å². The molecule has 0 spiro atoms. The molecule has 0 aliphatic rings. The lowest BCUT2D eigenvalue weighted by Gasteiger charge is -2.24. The molecule has 5 heteroatoms. The van der Waals surface area contributed by atoms with E-state index in [1.807, 2.05) is 12.1 Å². The first-order chi connectivity index (χ1) is 8.81. The average molecular weight is 274 g/mol. The zero-order valence-corrected chi connectivity index (χ0v) is 11.6. The molecule has 19 heavy (non-hydrogen) atoms. The molecule has 0 aliphatic carbocycles. The van der Waals surface area contributed by atoms with Crippen LogP contribution in [-0.4, -0.2) is 25.3 Å². The van der Waals surface area contributed by atoms with Crippen LogP contribution in [0.1, 0.15) is 26.3 Å². The number of benzene rings is 1. The fourth-order valence-electron chi connectivity index (χ4n) is 1.75. The van der Waals surface area contributed by atoms with E-state index in [4.69, 9.17) is 0 Å². The Labute approximate surface area is 112 Å². The van der Waals surface area contributed by atoms with Crippen LogP contribution >= 0.6 is 0 Å². The van der Waals surface area contributed by atoms with Gasteiger partial charge in [-0.25, -0.2) is 0 Å². The van der Waals surface area contributed by atoms with Crippen molar-refractivity contribution in [2.75, 3.05) is 18.0 Å². The molecule has 1 rings (SSSR count). The number of rotatable bonds is 6. The van der Waals surface area contributed by atoms with Crippen molar-refractivity contribution in [2.24, 2.45) is 0 Å². The molecule has 0 unspecified atom stereocenters. The second-order valence-electron chi connectivity index (χ2n) is 4.83. The summed E-state index contributed by atoms with van der Waals surface area (Å²) in [5.41, 5.74) is 1.67. The summed E-state index contributed by atoms with van der Waals surface area (Å²) >= 11 is 0. The van der Waals surface area contributed by atoms with Crippen LogP contribution in [-0.2, 0) is 6.54 Å². The van der Waals surface area contributed by atoms with E-state index in [9.17, 15) is 13.2 Å². The van der Waals surface area contributed by atoms with Crippen molar-refractivity contribution in [3.63, 3.8) is 0 Å². The molecular formula is C14H21F3N2. The summed E-state index contributed by atoms with van der Waals surface area (Å²) in [5, 5.41) is 3.27. The Morgan fingerprint density at radius 2 is 1.74 bits per heavy atom. The lowest BCUT2D eigenvalue weighted by Crippen LogP contribution is -2.34. The molecule has 0 amide bonds. The van der Waals surface area contributed by atoms with Crippen molar-refractivity contribution in [1.29, 1.82) is 0 Å². The van der Waals surface area contributed by atoms with Gasteiger partial charge in [0, 0.05) is 24.8 Å². The zero-order valence-electron chi connectivity index (χ0n) is 11.6. The van der Waals surface area contributed by atoms with E-state index in [-0.39, 0.29) is 0 Å². The number of nitrogens with one attached hydrogen (secondary N) is 1. The molecule has 1 aromatic rings. The summed E-state index contributed by atoms with van der Waals surface area (Å²) in [6.45, 7) is 5.98. The van der Waals surface area contributed by atoms with Crippen molar-refractivity contribution in [1.82, 2.24) is 5.32 Å². The molecule has 0 saturated carbocycles. The Morgan fingerprint density at radius 1 is 1.16 bits per heavy atom. The first-order valence-electron chi connectivity index (χ1n) is 6.46. The number of hydrogen-bond acceptors (Lipinski definition) is 2. The van der Waals surface area contributed by atoms with Crippen LogP contribution in [0.4, 0.5) is 18.9 Å². The predicted octanol–water partition coefficient (Wildman–Crippen LogP) is 3.57. The smallest absolute Gasteiger partial charge is 0.363 e. The fourth-order valence-corrected chi connectivity index (χ4v) is 1.75. The Balaban J connectivity index is 2.68. The van der Waals surface area contributed by atoms with E-state index < -0.39 is 12.7 Å². The second-order valence-corrected chi connectivity index (χ2v) is 4.83. The van der Waals surface area contributed by atoms with Crippen LogP contribution in [0.3, 0.4) is 0 Å². The maximum absolute atomic E-state index is 12.4. The molecule has 2 nitrogen and oxygen atoms in total. The van der Waals surface area contributed by atoms with E-state index in [0.717, 1.165) is 12.1 Å². The minimum Gasteiger partial charge on any atom is -0.363 e. The molecule has 0 atom stereocenters. The topological polar surface area (TPSA) is 15.3 Å². The number of anilines is 1. The number of halogens is 3. The van der Waals surface area contributed by atoms with Crippen LogP contribution in [0.2, 0.25) is 0 Å². The molecule has 0 saturated heterocycles. The van der Waals surface area contributed by atoms with Gasteiger partial charge in [0.2, 0.25) is 0 Å². The third-order valence-corrected chi connectivity index (χ3v) is 2.77. The Bertz CT molecular complexity index is 371. The predicted molar refractivity (Wildman–Crippen MR) is 72.4 cm³/mol. The monoisotopic (exact) mass is 274 g/mol. The van der Waals surface area contributed by atoms with Crippen LogP contribution in [0.15, 0.2) is 24.3 Å². The highest BCUT2D eigenvalue weighted by atomic mass is 19.4. The highest BCUT2D eigenvalue weighted by molar-refractivity contribution is 5.47. The van der Waals surface area contributed by atoms with Gasteiger partial charge in [0.1, 0.15) is 6.54 Å². The van der Waals surface area contributed by atoms with Gasteiger partial charge in [-0.05, 0) is 24.6 Å². The molecular weight excluding hydrogens is 253 g/mol. The van der Waals surface area contributed by atoms with Crippen molar-refractivity contribution in [2.45, 2.75) is 39.5 Å². The van der Waals surface area contributed by atoms with Crippen molar-refractivity contribution in [3.05, 3.63) is 29.8 Å². The number of nitrogens with zero attached hydrogens (tertiary/aromatic N) is 1. The van der Waals surface area contributed by atoms with E-state index >= 15 is 0 Å². The molecule has 1 N–H and O–H groups in total. The minimum absolute atomic E-state index is 0.336. The Kier molecular flexibility index (Phi) is 5.66. The van der Waals surface area contributed by atoms with Crippen LogP contribution in [0.25, 0.3) is 0 Å². The molecule has 0 aliphatic heterocycles. The zero-order chi connectivity index (χ0) is 14.5. The molecule has 0 fully saturated rings. The molecule has 0 aromatic heterocycles. The summed E-state index contributed by atoms with van der Waals surface area (Å²) in [4.78, 5) is 1.32. The second kappa shape index (κ2) is 6.80. The normalized spacial score (nSPS) is 11.9. The fraction of sp³-hybridized carbons (Fsp3) is 0.571. The van der Waals surface area contributed by atoms with Crippen molar-refractivity contribution in [3.8, 4) is 0 Å². The third-order valence-electron chi connectivity index (χ3n) is 2.77. The van der Waals surface area contributed by atoms with Crippen molar-refractivity contribution < 1.29 is 13.2 Å². The van der Waals surface area contributed by atoms with Gasteiger partial charge in [-0.1, -0.05) is 26.0 Å². The largest absolute Gasteiger partial charge is 0.405 e. The van der Waals surface area contributed by atoms with Gasteiger partial charge in [-0.3, -0.25) is 0 Å². The summed E-state index contributed by atoms with van der Waals surface area (Å²) in [7, 11) is 0. The van der Waals surface area contributed by atoms with Gasteiger partial charge in [0.25, 0.3) is 0 Å². The molecule has 0 bridgehead atoms. The quantitative estimate of drug-likeness (QED) is 0.853. The van der Waals surface area contributed by atoms with E-state index in [1.165, 1.54) is 4.90 Å². The molecule has 108 valence electrons. The molecule has 1 aromatic carbocycles. The lowest BCUT2D eigenvalue weighted by atomic mass is 10.2. The van der Waals surface area contributed by atoms with Gasteiger partial charge in [0.15, 0.2) is 0 Å². The summed E-state index contributed by atoms with van der Waals surface area (Å²) in [5.74, 6) is 0. The van der Waals surface area contributed by atoms with E-state index in [1.54, 1.807) is 19.1 Å². The van der Waals surface area contributed by atoms with Gasteiger partial charge in [-0.2, -0.15) is 13.2 Å². The van der Waals surface area contributed by atoms with E-state index in [2.05, 4.69) is 19.2 Å².